The fourth-order valence-corrected chi connectivity index (χ4v) is 1.59. The predicted octanol–water partition coefficient (Wildman–Crippen LogP) is 4.45. The summed E-state index contributed by atoms with van der Waals surface area (Å²) < 4.78 is 61.0. The monoisotopic (exact) mass is 309 g/mol. The summed E-state index contributed by atoms with van der Waals surface area (Å²) in [4.78, 5) is 2.97. The average Bonchev–Trinajstić information content (AvgIpc) is 2.06. The lowest BCUT2D eigenvalue weighted by atomic mass is 10.2. The minimum absolute atomic E-state index is 0.369. The van der Waals surface area contributed by atoms with Crippen molar-refractivity contribution in [1.82, 2.24) is 4.98 Å². The Bertz CT molecular complexity index is 378. The molecule has 0 unspecified atom stereocenters. The highest BCUT2D eigenvalue weighted by Crippen LogP contribution is 2.42. The maximum absolute atomic E-state index is 12.4. The average molecular weight is 310 g/mol. The molecule has 0 atom stereocenters. The molecule has 0 radical (unpaired) electrons. The molecule has 0 spiro atoms. The van der Waals surface area contributed by atoms with Crippen molar-refractivity contribution in [2.75, 3.05) is 0 Å². The number of rotatable bonds is 1. The quantitative estimate of drug-likeness (QED) is 0.698. The van der Waals surface area contributed by atoms with Gasteiger partial charge in [-0.1, -0.05) is 11.6 Å². The normalized spacial score (nSPS) is 12.3. The van der Waals surface area contributed by atoms with Crippen molar-refractivity contribution < 1.29 is 22.0 Å². The van der Waals surface area contributed by atoms with E-state index in [-0.39, 0.29) is 5.02 Å². The van der Waals surface area contributed by atoms with Gasteiger partial charge in [0.05, 0.1) is 15.1 Å². The van der Waals surface area contributed by atoms with E-state index in [1.54, 1.807) is 0 Å². The smallest absolute Gasteiger partial charge is 0.253 e. The van der Waals surface area contributed by atoms with Crippen LogP contribution in [0.3, 0.4) is 0 Å². The van der Waals surface area contributed by atoms with Gasteiger partial charge in [0.2, 0.25) is 0 Å². The zero-order valence-electron chi connectivity index (χ0n) is 6.75. The van der Waals surface area contributed by atoms with Gasteiger partial charge >= 0.3 is 6.18 Å². The van der Waals surface area contributed by atoms with Crippen LogP contribution in [-0.4, -0.2) is 4.98 Å². The molecular weight excluding hydrogens is 308 g/mol. The molecule has 1 aromatic heterocycles. The lowest BCUT2D eigenvalue weighted by Crippen LogP contribution is -2.12. The highest BCUT2D eigenvalue weighted by Gasteiger charge is 2.39. The molecule has 0 saturated heterocycles. The summed E-state index contributed by atoms with van der Waals surface area (Å²) in [5, 5.41) is -0.369. The third kappa shape index (κ3) is 2.57. The number of hydrogen-bond acceptors (Lipinski definition) is 1. The maximum Gasteiger partial charge on any atom is 0.419 e. The van der Waals surface area contributed by atoms with Gasteiger partial charge in [-0.25, -0.2) is 8.78 Å². The molecule has 84 valence electrons. The number of nitrogens with zero attached hydrogens (tertiary/aromatic N) is 1. The van der Waals surface area contributed by atoms with Crippen LogP contribution in [0.4, 0.5) is 22.0 Å². The van der Waals surface area contributed by atoms with Crippen LogP contribution in [0.2, 0.25) is 5.02 Å². The first kappa shape index (κ1) is 12.6. The summed E-state index contributed by atoms with van der Waals surface area (Å²) in [6.45, 7) is 0. The Kier molecular flexibility index (Phi) is 3.55. The standard InChI is InChI=1S/C7H2BrClF5N/c8-4-2(9)1-15-5(6(10)11)3(4)7(12,13)14/h1,6H. The fourth-order valence-electron chi connectivity index (χ4n) is 0.914. The molecule has 0 bridgehead atoms. The van der Waals surface area contributed by atoms with Gasteiger partial charge < -0.3 is 0 Å². The number of hydrogen-bond donors (Lipinski definition) is 0. The summed E-state index contributed by atoms with van der Waals surface area (Å²) >= 11 is 7.85. The second-order valence-electron chi connectivity index (χ2n) is 2.48. The Hall–Kier alpha value is -0.430. The highest BCUT2D eigenvalue weighted by molar-refractivity contribution is 9.10. The van der Waals surface area contributed by atoms with Gasteiger partial charge in [0, 0.05) is 6.20 Å². The molecule has 1 aromatic rings. The van der Waals surface area contributed by atoms with Crippen LogP contribution in [0.5, 0.6) is 0 Å². The third-order valence-corrected chi connectivity index (χ3v) is 2.83. The van der Waals surface area contributed by atoms with E-state index in [2.05, 4.69) is 20.9 Å². The molecule has 1 heterocycles. The van der Waals surface area contributed by atoms with Gasteiger partial charge in [0.1, 0.15) is 5.69 Å². The SMILES string of the molecule is FC(F)c1ncc(Cl)c(Br)c1C(F)(F)F. The Morgan fingerprint density at radius 1 is 1.33 bits per heavy atom. The summed E-state index contributed by atoms with van der Waals surface area (Å²) in [6, 6.07) is 0. The molecule has 1 nitrogen and oxygen atoms in total. The molecule has 15 heavy (non-hydrogen) atoms. The minimum Gasteiger partial charge on any atom is -0.253 e. The van der Waals surface area contributed by atoms with Gasteiger partial charge in [0.15, 0.2) is 0 Å². The van der Waals surface area contributed by atoms with Crippen molar-refractivity contribution in [2.45, 2.75) is 12.6 Å². The van der Waals surface area contributed by atoms with Crippen LogP contribution in [0.25, 0.3) is 0 Å². The number of alkyl halides is 5. The van der Waals surface area contributed by atoms with E-state index in [0.29, 0.717) is 0 Å². The van der Waals surface area contributed by atoms with Crippen LogP contribution in [0, 0.1) is 0 Å². The van der Waals surface area contributed by atoms with Crippen LogP contribution in [0.1, 0.15) is 17.7 Å². The molecule has 0 fully saturated rings. The molecular formula is C7H2BrClF5N. The topological polar surface area (TPSA) is 12.9 Å². The largest absolute Gasteiger partial charge is 0.419 e. The highest BCUT2D eigenvalue weighted by atomic mass is 79.9. The Morgan fingerprint density at radius 2 is 1.87 bits per heavy atom. The van der Waals surface area contributed by atoms with E-state index in [1.807, 2.05) is 0 Å². The van der Waals surface area contributed by atoms with Crippen molar-refractivity contribution in [3.8, 4) is 0 Å². The van der Waals surface area contributed by atoms with Crippen LogP contribution in [0.15, 0.2) is 10.7 Å². The Labute approximate surface area is 94.4 Å². The van der Waals surface area contributed by atoms with Crippen LogP contribution >= 0.6 is 27.5 Å². The Morgan fingerprint density at radius 3 is 2.27 bits per heavy atom. The first-order valence-corrected chi connectivity index (χ1v) is 4.61. The maximum atomic E-state index is 12.4. The molecule has 0 aliphatic heterocycles. The summed E-state index contributed by atoms with van der Waals surface area (Å²) in [7, 11) is 0. The Balaban J connectivity index is 3.49. The van der Waals surface area contributed by atoms with E-state index in [0.717, 1.165) is 6.20 Å². The van der Waals surface area contributed by atoms with Gasteiger partial charge in [-0.3, -0.25) is 4.98 Å². The molecule has 1 rings (SSSR count). The summed E-state index contributed by atoms with van der Waals surface area (Å²) in [6.07, 6.45) is -7.50. The minimum atomic E-state index is -4.93. The lowest BCUT2D eigenvalue weighted by Gasteiger charge is -2.13. The third-order valence-electron chi connectivity index (χ3n) is 1.49. The van der Waals surface area contributed by atoms with Gasteiger partial charge in [-0.15, -0.1) is 0 Å². The van der Waals surface area contributed by atoms with Crippen molar-refractivity contribution in [3.05, 3.63) is 26.9 Å². The van der Waals surface area contributed by atoms with Gasteiger partial charge in [-0.05, 0) is 15.9 Å². The van der Waals surface area contributed by atoms with E-state index in [1.165, 1.54) is 0 Å². The van der Waals surface area contributed by atoms with Crippen molar-refractivity contribution in [1.29, 1.82) is 0 Å². The van der Waals surface area contributed by atoms with Crippen molar-refractivity contribution >= 4 is 27.5 Å². The molecule has 0 N–H and O–H groups in total. The second kappa shape index (κ2) is 4.21. The van der Waals surface area contributed by atoms with E-state index >= 15 is 0 Å². The summed E-state index contributed by atoms with van der Waals surface area (Å²) in [5.41, 5.74) is -2.87. The second-order valence-corrected chi connectivity index (χ2v) is 3.68. The molecule has 0 aromatic carbocycles. The number of pyridine rings is 1. The number of halogens is 7. The predicted molar refractivity (Wildman–Crippen MR) is 46.9 cm³/mol. The lowest BCUT2D eigenvalue weighted by molar-refractivity contribution is -0.140. The summed E-state index contributed by atoms with van der Waals surface area (Å²) in [5.74, 6) is 0. The van der Waals surface area contributed by atoms with Crippen molar-refractivity contribution in [3.63, 3.8) is 0 Å². The van der Waals surface area contributed by atoms with E-state index in [4.69, 9.17) is 11.6 Å². The zero-order chi connectivity index (χ0) is 11.8. The van der Waals surface area contributed by atoms with Crippen LogP contribution in [-0.2, 0) is 6.18 Å². The van der Waals surface area contributed by atoms with Crippen LogP contribution < -0.4 is 0 Å². The molecule has 0 amide bonds. The van der Waals surface area contributed by atoms with E-state index < -0.39 is 28.3 Å². The molecule has 8 heteroatoms. The van der Waals surface area contributed by atoms with Crippen molar-refractivity contribution in [2.24, 2.45) is 0 Å². The molecule has 0 aliphatic rings. The fraction of sp³-hybridized carbons (Fsp3) is 0.286. The zero-order valence-corrected chi connectivity index (χ0v) is 9.09. The van der Waals surface area contributed by atoms with E-state index in [9.17, 15) is 22.0 Å². The first-order valence-electron chi connectivity index (χ1n) is 3.44. The first-order chi connectivity index (χ1) is 6.75. The molecule has 0 saturated carbocycles. The molecule has 0 aliphatic carbocycles. The number of aromatic nitrogens is 1. The van der Waals surface area contributed by atoms with Gasteiger partial charge in [0.25, 0.3) is 6.43 Å². The van der Waals surface area contributed by atoms with Gasteiger partial charge in [-0.2, -0.15) is 13.2 Å².